The lowest BCUT2D eigenvalue weighted by molar-refractivity contribution is 0.601. The van der Waals surface area contributed by atoms with Crippen LogP contribution in [0.1, 0.15) is 17.0 Å². The van der Waals surface area contributed by atoms with Crippen LogP contribution in [0.2, 0.25) is 5.02 Å². The molecule has 0 fully saturated rings. The molecular weight excluding hydrogens is 347 g/mol. The highest BCUT2D eigenvalue weighted by Gasteiger charge is 2.10. The maximum Gasteiger partial charge on any atom is 0.134 e. The highest BCUT2D eigenvalue weighted by atomic mass is 35.5. The third kappa shape index (κ3) is 3.39. The summed E-state index contributed by atoms with van der Waals surface area (Å²) in [6.07, 6.45) is 3.93. The van der Waals surface area contributed by atoms with Crippen LogP contribution >= 0.6 is 11.6 Å². The standard InChI is InChI=1S/C22H16ClFN2/c23-18-12-9-16(10-13-18)11-14-22-25-20-7-3-4-8-21(20)26(22)15-17-5-1-2-6-19(17)24/h1-14H,15H2/b14-11+. The monoisotopic (exact) mass is 362 g/mol. The maximum atomic E-state index is 14.1. The molecule has 2 nitrogen and oxygen atoms in total. The molecule has 0 saturated heterocycles. The first-order chi connectivity index (χ1) is 12.7. The van der Waals surface area contributed by atoms with Gasteiger partial charge in [-0.15, -0.1) is 0 Å². The topological polar surface area (TPSA) is 17.8 Å². The number of aromatic nitrogens is 2. The van der Waals surface area contributed by atoms with Gasteiger partial charge in [0.25, 0.3) is 0 Å². The molecule has 1 aromatic heterocycles. The van der Waals surface area contributed by atoms with Crippen molar-refractivity contribution in [3.63, 3.8) is 0 Å². The van der Waals surface area contributed by atoms with Crippen molar-refractivity contribution in [1.82, 2.24) is 9.55 Å². The van der Waals surface area contributed by atoms with Gasteiger partial charge in [-0.1, -0.05) is 60.1 Å². The van der Waals surface area contributed by atoms with E-state index < -0.39 is 0 Å². The van der Waals surface area contributed by atoms with Gasteiger partial charge in [-0.3, -0.25) is 0 Å². The van der Waals surface area contributed by atoms with Gasteiger partial charge in [-0.2, -0.15) is 0 Å². The fourth-order valence-electron chi connectivity index (χ4n) is 2.93. The van der Waals surface area contributed by atoms with E-state index in [9.17, 15) is 4.39 Å². The molecular formula is C22H16ClFN2. The van der Waals surface area contributed by atoms with Gasteiger partial charge in [-0.05, 0) is 42.0 Å². The number of hydrogen-bond acceptors (Lipinski definition) is 1. The Morgan fingerprint density at radius 1 is 0.885 bits per heavy atom. The van der Waals surface area contributed by atoms with Crippen molar-refractivity contribution >= 4 is 34.8 Å². The maximum absolute atomic E-state index is 14.1. The summed E-state index contributed by atoms with van der Waals surface area (Å²) in [5.74, 6) is 0.572. The van der Waals surface area contributed by atoms with Gasteiger partial charge in [0, 0.05) is 10.6 Å². The number of rotatable bonds is 4. The van der Waals surface area contributed by atoms with Crippen molar-refractivity contribution in [2.45, 2.75) is 6.54 Å². The molecule has 0 bridgehead atoms. The van der Waals surface area contributed by atoms with Crippen LogP contribution in [0.15, 0.2) is 72.8 Å². The minimum atomic E-state index is -0.210. The smallest absolute Gasteiger partial charge is 0.134 e. The molecule has 0 spiro atoms. The summed E-state index contributed by atoms with van der Waals surface area (Å²) in [7, 11) is 0. The van der Waals surface area contributed by atoms with Gasteiger partial charge in [0.2, 0.25) is 0 Å². The summed E-state index contributed by atoms with van der Waals surface area (Å²) in [4.78, 5) is 4.70. The molecule has 0 aliphatic heterocycles. The van der Waals surface area contributed by atoms with Crippen LogP contribution in [0.25, 0.3) is 23.2 Å². The van der Waals surface area contributed by atoms with Crippen molar-refractivity contribution < 1.29 is 4.39 Å². The molecule has 128 valence electrons. The van der Waals surface area contributed by atoms with Crippen LogP contribution < -0.4 is 0 Å². The van der Waals surface area contributed by atoms with Crippen molar-refractivity contribution in [3.05, 3.63) is 101 Å². The van der Waals surface area contributed by atoms with E-state index in [0.717, 1.165) is 22.4 Å². The normalized spacial score (nSPS) is 11.5. The fourth-order valence-corrected chi connectivity index (χ4v) is 3.06. The highest BCUT2D eigenvalue weighted by Crippen LogP contribution is 2.21. The van der Waals surface area contributed by atoms with Gasteiger partial charge in [0.05, 0.1) is 17.6 Å². The van der Waals surface area contributed by atoms with Crippen LogP contribution in [0, 0.1) is 5.82 Å². The Morgan fingerprint density at radius 2 is 1.62 bits per heavy atom. The third-order valence-electron chi connectivity index (χ3n) is 4.27. The first-order valence-corrected chi connectivity index (χ1v) is 8.71. The van der Waals surface area contributed by atoms with E-state index in [1.807, 2.05) is 71.3 Å². The van der Waals surface area contributed by atoms with E-state index in [2.05, 4.69) is 0 Å². The predicted octanol–water partition coefficient (Wildman–Crippen LogP) is 6.05. The second kappa shape index (κ2) is 7.14. The zero-order chi connectivity index (χ0) is 17.9. The molecule has 0 N–H and O–H groups in total. The lowest BCUT2D eigenvalue weighted by Gasteiger charge is -2.08. The van der Waals surface area contributed by atoms with Gasteiger partial charge in [0.15, 0.2) is 0 Å². The van der Waals surface area contributed by atoms with Gasteiger partial charge in [0.1, 0.15) is 11.6 Å². The Hall–Kier alpha value is -2.91. The molecule has 0 atom stereocenters. The van der Waals surface area contributed by atoms with Gasteiger partial charge >= 0.3 is 0 Å². The van der Waals surface area contributed by atoms with Gasteiger partial charge < -0.3 is 4.57 Å². The summed E-state index contributed by atoms with van der Waals surface area (Å²) in [6.45, 7) is 0.424. The van der Waals surface area contributed by atoms with E-state index >= 15 is 0 Å². The lowest BCUT2D eigenvalue weighted by atomic mass is 10.2. The fraction of sp³-hybridized carbons (Fsp3) is 0.0455. The summed E-state index contributed by atoms with van der Waals surface area (Å²) in [6, 6.07) is 22.3. The molecule has 4 aromatic rings. The molecule has 0 aliphatic rings. The van der Waals surface area contributed by atoms with Crippen LogP contribution in [0.4, 0.5) is 4.39 Å². The summed E-state index contributed by atoms with van der Waals surface area (Å²) < 4.78 is 16.2. The Balaban J connectivity index is 1.76. The minimum absolute atomic E-state index is 0.210. The molecule has 0 radical (unpaired) electrons. The summed E-state index contributed by atoms with van der Waals surface area (Å²) in [5, 5.41) is 0.703. The van der Waals surface area contributed by atoms with Gasteiger partial charge in [-0.25, -0.2) is 9.37 Å². The van der Waals surface area contributed by atoms with Crippen molar-refractivity contribution in [2.75, 3.05) is 0 Å². The number of imidazole rings is 1. The molecule has 1 heterocycles. The average Bonchev–Trinajstić information content (AvgIpc) is 3.01. The number of benzene rings is 3. The average molecular weight is 363 g/mol. The molecule has 26 heavy (non-hydrogen) atoms. The number of hydrogen-bond donors (Lipinski definition) is 0. The molecule has 0 saturated carbocycles. The molecule has 0 amide bonds. The minimum Gasteiger partial charge on any atom is -0.320 e. The Labute approximate surface area is 156 Å². The number of fused-ring (bicyclic) bond motifs is 1. The second-order valence-corrected chi connectivity index (χ2v) is 6.46. The van der Waals surface area contributed by atoms with E-state index in [1.165, 1.54) is 6.07 Å². The molecule has 0 aliphatic carbocycles. The largest absolute Gasteiger partial charge is 0.320 e. The zero-order valence-electron chi connectivity index (χ0n) is 13.9. The second-order valence-electron chi connectivity index (χ2n) is 6.02. The molecule has 0 unspecified atom stereocenters. The Bertz CT molecular complexity index is 1080. The lowest BCUT2D eigenvalue weighted by Crippen LogP contribution is -2.04. The van der Waals surface area contributed by atoms with Crippen LogP contribution in [-0.2, 0) is 6.54 Å². The first kappa shape index (κ1) is 16.6. The summed E-state index contributed by atoms with van der Waals surface area (Å²) >= 11 is 5.94. The van der Waals surface area contributed by atoms with Crippen molar-refractivity contribution in [2.24, 2.45) is 0 Å². The van der Waals surface area contributed by atoms with Crippen LogP contribution in [-0.4, -0.2) is 9.55 Å². The zero-order valence-corrected chi connectivity index (χ0v) is 14.7. The van der Waals surface area contributed by atoms with E-state index in [1.54, 1.807) is 12.1 Å². The first-order valence-electron chi connectivity index (χ1n) is 8.33. The van der Waals surface area contributed by atoms with Crippen LogP contribution in [0.5, 0.6) is 0 Å². The van der Waals surface area contributed by atoms with E-state index in [0.29, 0.717) is 17.1 Å². The van der Waals surface area contributed by atoms with Crippen LogP contribution in [0.3, 0.4) is 0 Å². The Morgan fingerprint density at radius 3 is 2.42 bits per heavy atom. The highest BCUT2D eigenvalue weighted by molar-refractivity contribution is 6.30. The SMILES string of the molecule is Fc1ccccc1Cn1c(/C=C/c2ccc(Cl)cc2)nc2ccccc21. The number of para-hydroxylation sites is 2. The van der Waals surface area contributed by atoms with Crippen molar-refractivity contribution in [1.29, 1.82) is 0 Å². The Kier molecular flexibility index (Phi) is 4.55. The predicted molar refractivity (Wildman–Crippen MR) is 106 cm³/mol. The summed E-state index contributed by atoms with van der Waals surface area (Å²) in [5.41, 5.74) is 3.53. The number of nitrogens with zero attached hydrogens (tertiary/aromatic N) is 2. The number of halogens is 2. The third-order valence-corrected chi connectivity index (χ3v) is 4.52. The van der Waals surface area contributed by atoms with E-state index in [-0.39, 0.29) is 5.82 Å². The van der Waals surface area contributed by atoms with Crippen molar-refractivity contribution in [3.8, 4) is 0 Å². The van der Waals surface area contributed by atoms with E-state index in [4.69, 9.17) is 16.6 Å². The quantitative estimate of drug-likeness (QED) is 0.432. The molecule has 3 aromatic carbocycles. The molecule has 4 rings (SSSR count). The molecule has 4 heteroatoms.